The quantitative estimate of drug-likeness (QED) is 0.163. The van der Waals surface area contributed by atoms with Crippen molar-refractivity contribution in [2.75, 3.05) is 13.7 Å². The highest BCUT2D eigenvalue weighted by atomic mass is 32.1. The van der Waals surface area contributed by atoms with Gasteiger partial charge in [-0.05, 0) is 44.5 Å². The SMILES string of the molecule is CCOC(=O)C1=C(C)N=c2s/c(=C/c3ccc(-c4ccc([N+](=O)[O-])cc4OC)o3)c(=O)n2[C@H]1c1ccc(C)c([N+](=O)[O-])c1. The molecule has 0 fully saturated rings. The first-order valence-electron chi connectivity index (χ1n) is 12.9. The molecule has 2 aromatic heterocycles. The number of hydrogen-bond donors (Lipinski definition) is 0. The van der Waals surface area contributed by atoms with Crippen molar-refractivity contribution in [3.05, 3.63) is 117 Å². The van der Waals surface area contributed by atoms with E-state index in [-0.39, 0.29) is 33.8 Å². The number of benzene rings is 2. The Kier molecular flexibility index (Phi) is 7.78. The average molecular weight is 605 g/mol. The van der Waals surface area contributed by atoms with Gasteiger partial charge in [0.25, 0.3) is 16.9 Å². The van der Waals surface area contributed by atoms with E-state index in [1.165, 1.54) is 42.0 Å². The van der Waals surface area contributed by atoms with Crippen LogP contribution in [0.3, 0.4) is 0 Å². The Bertz CT molecular complexity index is 2020. The second kappa shape index (κ2) is 11.5. The number of nitro benzene ring substituents is 2. The van der Waals surface area contributed by atoms with E-state index in [9.17, 15) is 29.8 Å². The topological polar surface area (TPSA) is 169 Å². The minimum Gasteiger partial charge on any atom is -0.496 e. The first kappa shape index (κ1) is 29.1. The predicted octanol–water partition coefficient (Wildman–Crippen LogP) is 4.19. The van der Waals surface area contributed by atoms with Gasteiger partial charge in [0.15, 0.2) is 4.80 Å². The summed E-state index contributed by atoms with van der Waals surface area (Å²) >= 11 is 1.07. The number of ether oxygens (including phenoxy) is 2. The van der Waals surface area contributed by atoms with Crippen molar-refractivity contribution in [1.82, 2.24) is 4.57 Å². The third-order valence-electron chi connectivity index (χ3n) is 6.82. The fraction of sp³-hybridized carbons (Fsp3) is 0.207. The van der Waals surface area contributed by atoms with Crippen molar-refractivity contribution in [3.8, 4) is 17.1 Å². The fourth-order valence-electron chi connectivity index (χ4n) is 4.80. The third-order valence-corrected chi connectivity index (χ3v) is 7.81. The molecular weight excluding hydrogens is 580 g/mol. The Morgan fingerprint density at radius 1 is 1.12 bits per heavy atom. The molecule has 0 N–H and O–H groups in total. The number of aryl methyl sites for hydroxylation is 1. The Morgan fingerprint density at radius 3 is 2.56 bits per heavy atom. The first-order chi connectivity index (χ1) is 20.5. The molecule has 0 spiro atoms. The van der Waals surface area contributed by atoms with E-state index in [4.69, 9.17) is 13.9 Å². The predicted molar refractivity (Wildman–Crippen MR) is 156 cm³/mol. The van der Waals surface area contributed by atoms with E-state index in [0.717, 1.165) is 11.3 Å². The van der Waals surface area contributed by atoms with Crippen LogP contribution in [0.4, 0.5) is 11.4 Å². The maximum Gasteiger partial charge on any atom is 0.338 e. The molecule has 3 heterocycles. The molecule has 0 aliphatic carbocycles. The van der Waals surface area contributed by atoms with Crippen molar-refractivity contribution < 1.29 is 28.5 Å². The normalized spacial score (nSPS) is 14.7. The highest BCUT2D eigenvalue weighted by molar-refractivity contribution is 7.07. The Balaban J connectivity index is 1.64. The summed E-state index contributed by atoms with van der Waals surface area (Å²) in [6.45, 7) is 4.96. The molecule has 0 saturated carbocycles. The number of furan rings is 1. The van der Waals surface area contributed by atoms with Gasteiger partial charge in [-0.15, -0.1) is 0 Å². The van der Waals surface area contributed by atoms with Crippen molar-refractivity contribution >= 4 is 34.8 Å². The summed E-state index contributed by atoms with van der Waals surface area (Å²) in [6, 6.07) is 10.9. The fourth-order valence-corrected chi connectivity index (χ4v) is 5.83. The number of aromatic nitrogens is 1. The largest absolute Gasteiger partial charge is 0.496 e. The lowest BCUT2D eigenvalue weighted by Gasteiger charge is -2.24. The van der Waals surface area contributed by atoms with E-state index in [1.54, 1.807) is 45.0 Å². The number of nitro groups is 2. The van der Waals surface area contributed by atoms with E-state index < -0.39 is 27.4 Å². The Labute approximate surface area is 246 Å². The molecule has 1 atom stereocenters. The van der Waals surface area contributed by atoms with Crippen molar-refractivity contribution in [2.24, 2.45) is 4.99 Å². The molecule has 0 amide bonds. The highest BCUT2D eigenvalue weighted by Crippen LogP contribution is 2.35. The number of hydrogen-bond acceptors (Lipinski definition) is 11. The molecule has 13 nitrogen and oxygen atoms in total. The van der Waals surface area contributed by atoms with Gasteiger partial charge >= 0.3 is 5.97 Å². The van der Waals surface area contributed by atoms with Crippen molar-refractivity contribution in [2.45, 2.75) is 26.8 Å². The van der Waals surface area contributed by atoms with Gasteiger partial charge in [0.05, 0.1) is 57.0 Å². The molecule has 220 valence electrons. The minimum absolute atomic E-state index is 0.0845. The van der Waals surface area contributed by atoms with E-state index in [0.29, 0.717) is 38.7 Å². The second-order valence-electron chi connectivity index (χ2n) is 9.45. The number of carbonyl (C=O) groups excluding carboxylic acids is 1. The van der Waals surface area contributed by atoms with Gasteiger partial charge in [0.2, 0.25) is 0 Å². The monoisotopic (exact) mass is 604 g/mol. The van der Waals surface area contributed by atoms with E-state index in [2.05, 4.69) is 4.99 Å². The molecule has 2 aromatic carbocycles. The van der Waals surface area contributed by atoms with Gasteiger partial charge < -0.3 is 13.9 Å². The molecule has 0 unspecified atom stereocenters. The Morgan fingerprint density at radius 2 is 1.88 bits per heavy atom. The van der Waals surface area contributed by atoms with Gasteiger partial charge in [-0.1, -0.05) is 23.5 Å². The average Bonchev–Trinajstić information content (AvgIpc) is 3.56. The van der Waals surface area contributed by atoms with Crippen LogP contribution in [0.25, 0.3) is 17.4 Å². The standard InChI is InChI=1S/C29H24N4O9S/c1-5-41-28(35)25-16(3)30-29-31(26(25)17-7-6-15(2)21(12-17)33(38)39)27(34)24(43-29)14-19-9-11-22(42-19)20-10-8-18(32(36)37)13-23(20)40-4/h6-14,26H,5H2,1-4H3/b24-14+/t26-/m0/s1. The lowest BCUT2D eigenvalue weighted by atomic mass is 9.94. The number of esters is 1. The summed E-state index contributed by atoms with van der Waals surface area (Å²) in [4.78, 5) is 53.5. The second-order valence-corrected chi connectivity index (χ2v) is 10.5. The third kappa shape index (κ3) is 5.35. The van der Waals surface area contributed by atoms with Crippen LogP contribution in [0.1, 0.15) is 36.8 Å². The molecule has 1 aliphatic heterocycles. The maximum atomic E-state index is 13.8. The number of methoxy groups -OCH3 is 1. The molecule has 5 rings (SSSR count). The molecule has 0 saturated heterocycles. The van der Waals surface area contributed by atoms with Gasteiger partial charge in [0, 0.05) is 23.8 Å². The first-order valence-corrected chi connectivity index (χ1v) is 13.7. The summed E-state index contributed by atoms with van der Waals surface area (Å²) in [7, 11) is 1.39. The number of fused-ring (bicyclic) bond motifs is 1. The van der Waals surface area contributed by atoms with Gasteiger partial charge in [-0.3, -0.25) is 29.6 Å². The van der Waals surface area contributed by atoms with Gasteiger partial charge in [-0.25, -0.2) is 9.79 Å². The molecule has 0 bridgehead atoms. The maximum absolute atomic E-state index is 13.8. The number of non-ortho nitro benzene ring substituents is 1. The molecular formula is C29H24N4O9S. The lowest BCUT2D eigenvalue weighted by molar-refractivity contribution is -0.385. The summed E-state index contributed by atoms with van der Waals surface area (Å²) in [5.74, 6) is 0.225. The zero-order valence-corrected chi connectivity index (χ0v) is 24.2. The molecule has 14 heteroatoms. The number of allylic oxidation sites excluding steroid dienone is 1. The van der Waals surface area contributed by atoms with Crippen molar-refractivity contribution in [3.63, 3.8) is 0 Å². The lowest BCUT2D eigenvalue weighted by Crippen LogP contribution is -2.40. The van der Waals surface area contributed by atoms with Crippen molar-refractivity contribution in [1.29, 1.82) is 0 Å². The van der Waals surface area contributed by atoms with Gasteiger partial charge in [-0.2, -0.15) is 0 Å². The summed E-state index contributed by atoms with van der Waals surface area (Å²) < 4.78 is 18.1. The summed E-state index contributed by atoms with van der Waals surface area (Å²) in [6.07, 6.45) is 1.52. The zero-order chi connectivity index (χ0) is 31.0. The van der Waals surface area contributed by atoms with Crippen LogP contribution in [-0.2, 0) is 9.53 Å². The molecule has 4 aromatic rings. The van der Waals surface area contributed by atoms with Crippen LogP contribution < -0.4 is 19.6 Å². The highest BCUT2D eigenvalue weighted by Gasteiger charge is 2.34. The number of nitrogens with zero attached hydrogens (tertiary/aromatic N) is 4. The number of rotatable bonds is 8. The van der Waals surface area contributed by atoms with Crippen LogP contribution in [0.5, 0.6) is 5.75 Å². The van der Waals surface area contributed by atoms with Gasteiger partial charge in [0.1, 0.15) is 17.3 Å². The van der Waals surface area contributed by atoms with E-state index in [1.807, 2.05) is 0 Å². The van der Waals surface area contributed by atoms with Crippen LogP contribution in [0, 0.1) is 27.2 Å². The minimum atomic E-state index is -1.02. The van der Waals surface area contributed by atoms with Crippen LogP contribution in [0.2, 0.25) is 0 Å². The summed E-state index contributed by atoms with van der Waals surface area (Å²) in [5.41, 5.74) is 0.906. The number of carbonyl (C=O) groups is 1. The van der Waals surface area contributed by atoms with Crippen LogP contribution in [0.15, 0.2) is 74.0 Å². The zero-order valence-electron chi connectivity index (χ0n) is 23.4. The van der Waals surface area contributed by atoms with E-state index >= 15 is 0 Å². The smallest absolute Gasteiger partial charge is 0.338 e. The summed E-state index contributed by atoms with van der Waals surface area (Å²) in [5, 5.41) is 22.9. The molecule has 0 radical (unpaired) electrons. The molecule has 1 aliphatic rings. The van der Waals surface area contributed by atoms with Crippen LogP contribution >= 0.6 is 11.3 Å². The number of thiazole rings is 1. The Hall–Kier alpha value is -5.37. The van der Waals surface area contributed by atoms with Crippen LogP contribution in [-0.4, -0.2) is 34.1 Å². The molecule has 43 heavy (non-hydrogen) atoms.